The minimum atomic E-state index is 0.674. The zero-order valence-electron chi connectivity index (χ0n) is 14.6. The minimum absolute atomic E-state index is 0.674. The van der Waals surface area contributed by atoms with Crippen LogP contribution >= 0.6 is 0 Å². The molecule has 0 aromatic heterocycles. The molecule has 2 unspecified atom stereocenters. The van der Waals surface area contributed by atoms with Gasteiger partial charge < -0.3 is 10.2 Å². The van der Waals surface area contributed by atoms with Crippen molar-refractivity contribution in [1.29, 1.82) is 0 Å². The van der Waals surface area contributed by atoms with E-state index in [2.05, 4.69) is 35.9 Å². The molecule has 124 valence electrons. The summed E-state index contributed by atoms with van der Waals surface area (Å²) in [4.78, 5) is 5.42. The Morgan fingerprint density at radius 1 is 1.00 bits per heavy atom. The van der Waals surface area contributed by atoms with Crippen molar-refractivity contribution in [3.05, 3.63) is 0 Å². The normalized spacial score (nSPS) is 26.6. The first-order valence-corrected chi connectivity index (χ1v) is 9.35. The number of likely N-dealkylation sites (tertiary alicyclic amines) is 2. The summed E-state index contributed by atoms with van der Waals surface area (Å²) in [5.74, 6) is 0.832. The van der Waals surface area contributed by atoms with E-state index >= 15 is 0 Å². The van der Waals surface area contributed by atoms with Crippen LogP contribution in [-0.2, 0) is 0 Å². The summed E-state index contributed by atoms with van der Waals surface area (Å²) >= 11 is 0. The average Bonchev–Trinajstić information content (AvgIpc) is 2.95. The third-order valence-corrected chi connectivity index (χ3v) is 5.25. The molecule has 2 heterocycles. The lowest BCUT2D eigenvalue weighted by Gasteiger charge is -2.32. The van der Waals surface area contributed by atoms with Gasteiger partial charge in [0.1, 0.15) is 0 Å². The molecule has 0 radical (unpaired) electrons. The Balaban J connectivity index is 1.55. The van der Waals surface area contributed by atoms with Crippen LogP contribution in [-0.4, -0.2) is 61.2 Å². The van der Waals surface area contributed by atoms with Crippen molar-refractivity contribution in [3.8, 4) is 0 Å². The molecule has 3 nitrogen and oxygen atoms in total. The minimum Gasteiger partial charge on any atom is -0.313 e. The highest BCUT2D eigenvalue weighted by atomic mass is 15.3. The molecule has 2 atom stereocenters. The van der Waals surface area contributed by atoms with E-state index in [4.69, 9.17) is 0 Å². The highest BCUT2D eigenvalue weighted by molar-refractivity contribution is 4.85. The monoisotopic (exact) mass is 295 g/mol. The fraction of sp³-hybridized carbons (Fsp3) is 1.00. The van der Waals surface area contributed by atoms with Crippen molar-refractivity contribution >= 4 is 0 Å². The van der Waals surface area contributed by atoms with E-state index in [-0.39, 0.29) is 0 Å². The molecular weight excluding hydrogens is 258 g/mol. The smallest absolute Gasteiger partial charge is 0.0235 e. The second kappa shape index (κ2) is 9.12. The quantitative estimate of drug-likeness (QED) is 0.743. The maximum atomic E-state index is 3.70. The fourth-order valence-corrected chi connectivity index (χ4v) is 3.75. The van der Waals surface area contributed by atoms with E-state index < -0.39 is 0 Å². The molecule has 3 heteroatoms. The summed E-state index contributed by atoms with van der Waals surface area (Å²) in [6, 6.07) is 1.52. The zero-order chi connectivity index (χ0) is 15.1. The Kier molecular flexibility index (Phi) is 7.48. The molecule has 2 aliphatic rings. The molecular formula is C18H37N3. The van der Waals surface area contributed by atoms with E-state index in [0.29, 0.717) is 6.04 Å². The van der Waals surface area contributed by atoms with Crippen LogP contribution in [0.5, 0.6) is 0 Å². The fourth-order valence-electron chi connectivity index (χ4n) is 3.75. The standard InChI is InChI=1S/C18H37N3/c1-16(2)7-8-17(3)19-10-14-20-13-9-18(15-20)21-11-5-4-6-12-21/h16-19H,4-15H2,1-3H3. The molecule has 0 saturated carbocycles. The summed E-state index contributed by atoms with van der Waals surface area (Å²) in [6.45, 7) is 14.7. The van der Waals surface area contributed by atoms with Crippen molar-refractivity contribution in [3.63, 3.8) is 0 Å². The van der Waals surface area contributed by atoms with Gasteiger partial charge in [-0.3, -0.25) is 4.90 Å². The molecule has 1 N–H and O–H groups in total. The zero-order valence-corrected chi connectivity index (χ0v) is 14.6. The van der Waals surface area contributed by atoms with Gasteiger partial charge in [-0.15, -0.1) is 0 Å². The first kappa shape index (κ1) is 17.2. The molecule has 0 aromatic carbocycles. The topological polar surface area (TPSA) is 18.5 Å². The molecule has 2 saturated heterocycles. The van der Waals surface area contributed by atoms with Gasteiger partial charge in [-0.05, 0) is 64.6 Å². The molecule has 2 rings (SSSR count). The highest BCUT2D eigenvalue weighted by Gasteiger charge is 2.27. The Bertz CT molecular complexity index is 274. The molecule has 2 fully saturated rings. The Morgan fingerprint density at radius 2 is 1.76 bits per heavy atom. The third-order valence-electron chi connectivity index (χ3n) is 5.25. The predicted molar refractivity (Wildman–Crippen MR) is 91.8 cm³/mol. The van der Waals surface area contributed by atoms with E-state index in [9.17, 15) is 0 Å². The average molecular weight is 296 g/mol. The van der Waals surface area contributed by atoms with E-state index in [1.807, 2.05) is 0 Å². The van der Waals surface area contributed by atoms with Gasteiger partial charge in [0.05, 0.1) is 0 Å². The van der Waals surface area contributed by atoms with Crippen LogP contribution in [0.15, 0.2) is 0 Å². The van der Waals surface area contributed by atoms with Crippen LogP contribution in [0.4, 0.5) is 0 Å². The summed E-state index contributed by atoms with van der Waals surface area (Å²) < 4.78 is 0. The Morgan fingerprint density at radius 3 is 2.48 bits per heavy atom. The maximum absolute atomic E-state index is 3.70. The van der Waals surface area contributed by atoms with Gasteiger partial charge in [-0.2, -0.15) is 0 Å². The summed E-state index contributed by atoms with van der Waals surface area (Å²) in [6.07, 6.45) is 8.34. The van der Waals surface area contributed by atoms with Gasteiger partial charge in [0.25, 0.3) is 0 Å². The Labute approximate surface area is 132 Å². The van der Waals surface area contributed by atoms with Crippen molar-refractivity contribution in [2.75, 3.05) is 39.3 Å². The number of nitrogens with one attached hydrogen (secondary N) is 1. The SMILES string of the molecule is CC(C)CCC(C)NCCN1CCC(N2CCCCC2)C1. The van der Waals surface area contributed by atoms with Gasteiger partial charge >= 0.3 is 0 Å². The molecule has 21 heavy (non-hydrogen) atoms. The van der Waals surface area contributed by atoms with Crippen molar-refractivity contribution in [2.45, 2.75) is 71.4 Å². The highest BCUT2D eigenvalue weighted by Crippen LogP contribution is 2.19. The van der Waals surface area contributed by atoms with Crippen LogP contribution < -0.4 is 5.32 Å². The number of hydrogen-bond acceptors (Lipinski definition) is 3. The van der Waals surface area contributed by atoms with E-state index in [1.165, 1.54) is 71.2 Å². The molecule has 0 aliphatic carbocycles. The number of hydrogen-bond donors (Lipinski definition) is 1. The van der Waals surface area contributed by atoms with Crippen LogP contribution in [0, 0.1) is 5.92 Å². The van der Waals surface area contributed by atoms with Crippen molar-refractivity contribution in [1.82, 2.24) is 15.1 Å². The molecule has 0 bridgehead atoms. The largest absolute Gasteiger partial charge is 0.313 e. The molecule has 0 spiro atoms. The summed E-state index contributed by atoms with van der Waals surface area (Å²) in [5, 5.41) is 3.70. The van der Waals surface area contributed by atoms with Gasteiger partial charge in [0.15, 0.2) is 0 Å². The van der Waals surface area contributed by atoms with Crippen LogP contribution in [0.25, 0.3) is 0 Å². The second-order valence-corrected chi connectivity index (χ2v) is 7.67. The van der Waals surface area contributed by atoms with Gasteiger partial charge in [-0.1, -0.05) is 20.3 Å². The lowest BCUT2D eigenvalue weighted by atomic mass is 10.0. The maximum Gasteiger partial charge on any atom is 0.0235 e. The number of nitrogens with zero attached hydrogens (tertiary/aromatic N) is 2. The van der Waals surface area contributed by atoms with Gasteiger partial charge in [0, 0.05) is 31.7 Å². The lowest BCUT2D eigenvalue weighted by molar-refractivity contribution is 0.162. The van der Waals surface area contributed by atoms with Crippen LogP contribution in [0.3, 0.4) is 0 Å². The number of piperidine rings is 1. The summed E-state index contributed by atoms with van der Waals surface area (Å²) in [5.41, 5.74) is 0. The van der Waals surface area contributed by atoms with Crippen LogP contribution in [0.1, 0.15) is 59.3 Å². The molecule has 2 aliphatic heterocycles. The van der Waals surface area contributed by atoms with Gasteiger partial charge in [-0.25, -0.2) is 0 Å². The van der Waals surface area contributed by atoms with E-state index in [0.717, 1.165) is 18.5 Å². The van der Waals surface area contributed by atoms with Crippen LogP contribution in [0.2, 0.25) is 0 Å². The molecule has 0 aromatic rings. The first-order chi connectivity index (χ1) is 10.1. The van der Waals surface area contributed by atoms with Crippen molar-refractivity contribution < 1.29 is 0 Å². The Hall–Kier alpha value is -0.120. The summed E-state index contributed by atoms with van der Waals surface area (Å²) in [7, 11) is 0. The lowest BCUT2D eigenvalue weighted by Crippen LogP contribution is -2.42. The third kappa shape index (κ3) is 6.25. The second-order valence-electron chi connectivity index (χ2n) is 7.67. The van der Waals surface area contributed by atoms with Gasteiger partial charge in [0.2, 0.25) is 0 Å². The predicted octanol–water partition coefficient (Wildman–Crippen LogP) is 2.96. The number of rotatable bonds is 8. The van der Waals surface area contributed by atoms with E-state index in [1.54, 1.807) is 0 Å². The molecule has 0 amide bonds. The van der Waals surface area contributed by atoms with Crippen molar-refractivity contribution in [2.24, 2.45) is 5.92 Å². The first-order valence-electron chi connectivity index (χ1n) is 9.35.